The lowest BCUT2D eigenvalue weighted by Gasteiger charge is -2.09. The number of anilines is 1. The molecule has 4 aromatic rings. The molecule has 0 radical (unpaired) electrons. The van der Waals surface area contributed by atoms with E-state index in [1.165, 1.54) is 11.8 Å². The van der Waals surface area contributed by atoms with E-state index in [9.17, 15) is 14.4 Å². The molecular formula is C23H22N4O4. The fourth-order valence-corrected chi connectivity index (χ4v) is 3.71. The number of hydrogen-bond donors (Lipinski definition) is 1. The van der Waals surface area contributed by atoms with E-state index in [0.717, 1.165) is 22.7 Å². The summed E-state index contributed by atoms with van der Waals surface area (Å²) in [5.41, 5.74) is 2.11. The first-order valence-corrected chi connectivity index (χ1v) is 9.98. The number of aryl methyl sites for hydroxylation is 1. The summed E-state index contributed by atoms with van der Waals surface area (Å²) in [4.78, 5) is 37.2. The van der Waals surface area contributed by atoms with Gasteiger partial charge in [0.25, 0.3) is 5.56 Å². The van der Waals surface area contributed by atoms with Crippen LogP contribution in [-0.4, -0.2) is 33.3 Å². The quantitative estimate of drug-likeness (QED) is 0.485. The van der Waals surface area contributed by atoms with E-state index < -0.39 is 11.9 Å². The Kier molecular flexibility index (Phi) is 5.53. The van der Waals surface area contributed by atoms with Gasteiger partial charge in [-0.1, -0.05) is 25.1 Å². The highest BCUT2D eigenvalue weighted by molar-refractivity contribution is 6.07. The average Bonchev–Trinajstić information content (AvgIpc) is 3.10. The Morgan fingerprint density at radius 2 is 1.81 bits per heavy atom. The molecule has 31 heavy (non-hydrogen) atoms. The van der Waals surface area contributed by atoms with Crippen molar-refractivity contribution in [1.82, 2.24) is 14.3 Å². The van der Waals surface area contributed by atoms with Gasteiger partial charge in [0.05, 0.1) is 18.9 Å². The molecule has 4 rings (SSSR count). The van der Waals surface area contributed by atoms with Crippen molar-refractivity contribution in [1.29, 1.82) is 0 Å². The highest BCUT2D eigenvalue weighted by Gasteiger charge is 2.16. The number of methoxy groups -OCH3 is 1. The van der Waals surface area contributed by atoms with Crippen LogP contribution in [0.1, 0.15) is 23.7 Å². The SMILES string of the molecule is CCCn1c2ccccc2c2cnn(CC(=O)Nc3ccc(C(=O)OC)cc3)c(=O)c21. The predicted molar refractivity (Wildman–Crippen MR) is 118 cm³/mol. The molecule has 0 atom stereocenters. The second-order valence-corrected chi connectivity index (χ2v) is 7.16. The molecular weight excluding hydrogens is 396 g/mol. The normalized spacial score (nSPS) is 11.0. The number of ether oxygens (including phenoxy) is 1. The summed E-state index contributed by atoms with van der Waals surface area (Å²) in [5, 5.41) is 8.70. The minimum absolute atomic E-state index is 0.221. The Morgan fingerprint density at radius 3 is 2.52 bits per heavy atom. The highest BCUT2D eigenvalue weighted by Crippen LogP contribution is 2.26. The summed E-state index contributed by atoms with van der Waals surface area (Å²) in [5.74, 6) is -0.845. The Morgan fingerprint density at radius 1 is 1.06 bits per heavy atom. The van der Waals surface area contributed by atoms with Crippen LogP contribution in [0.25, 0.3) is 21.8 Å². The fraction of sp³-hybridized carbons (Fsp3) is 0.217. The number of hydrogen-bond acceptors (Lipinski definition) is 5. The third kappa shape index (κ3) is 3.79. The molecule has 0 spiro atoms. The zero-order chi connectivity index (χ0) is 22.0. The van der Waals surface area contributed by atoms with Gasteiger partial charge in [-0.25, -0.2) is 9.48 Å². The van der Waals surface area contributed by atoms with Crippen molar-refractivity contribution in [3.8, 4) is 0 Å². The first-order chi connectivity index (χ1) is 15.0. The van der Waals surface area contributed by atoms with Crippen LogP contribution in [0.2, 0.25) is 0 Å². The van der Waals surface area contributed by atoms with Crippen molar-refractivity contribution < 1.29 is 14.3 Å². The van der Waals surface area contributed by atoms with Gasteiger partial charge in [-0.3, -0.25) is 9.59 Å². The van der Waals surface area contributed by atoms with Crippen LogP contribution in [0.4, 0.5) is 5.69 Å². The van der Waals surface area contributed by atoms with E-state index in [2.05, 4.69) is 22.1 Å². The third-order valence-corrected chi connectivity index (χ3v) is 5.10. The second-order valence-electron chi connectivity index (χ2n) is 7.16. The molecule has 8 nitrogen and oxygen atoms in total. The van der Waals surface area contributed by atoms with E-state index in [1.54, 1.807) is 30.5 Å². The van der Waals surface area contributed by atoms with Gasteiger partial charge in [-0.05, 0) is 36.8 Å². The first kappa shape index (κ1) is 20.3. The van der Waals surface area contributed by atoms with Crippen molar-refractivity contribution >= 4 is 39.4 Å². The largest absolute Gasteiger partial charge is 0.465 e. The maximum absolute atomic E-state index is 13.2. The van der Waals surface area contributed by atoms with E-state index in [-0.39, 0.29) is 12.1 Å². The van der Waals surface area contributed by atoms with Crippen LogP contribution in [0, 0.1) is 0 Å². The van der Waals surface area contributed by atoms with Gasteiger partial charge >= 0.3 is 5.97 Å². The third-order valence-electron chi connectivity index (χ3n) is 5.10. The van der Waals surface area contributed by atoms with Crippen LogP contribution < -0.4 is 10.9 Å². The molecule has 0 saturated heterocycles. The summed E-state index contributed by atoms with van der Waals surface area (Å²) in [6, 6.07) is 14.1. The molecule has 0 unspecified atom stereocenters. The van der Waals surface area contributed by atoms with Crippen molar-refractivity contribution in [2.24, 2.45) is 0 Å². The van der Waals surface area contributed by atoms with Gasteiger partial charge in [0.15, 0.2) is 0 Å². The van der Waals surface area contributed by atoms with E-state index in [0.29, 0.717) is 23.3 Å². The van der Waals surface area contributed by atoms with Gasteiger partial charge in [0, 0.05) is 28.5 Å². The number of para-hydroxylation sites is 1. The molecule has 0 aliphatic carbocycles. The van der Waals surface area contributed by atoms with Crippen LogP contribution >= 0.6 is 0 Å². The van der Waals surface area contributed by atoms with Gasteiger partial charge in [-0.15, -0.1) is 0 Å². The molecule has 8 heteroatoms. The monoisotopic (exact) mass is 418 g/mol. The van der Waals surface area contributed by atoms with Crippen LogP contribution in [0.5, 0.6) is 0 Å². The molecule has 2 aromatic heterocycles. The number of rotatable bonds is 6. The Labute approximate surface area is 178 Å². The molecule has 2 aromatic carbocycles. The van der Waals surface area contributed by atoms with E-state index >= 15 is 0 Å². The van der Waals surface area contributed by atoms with Crippen molar-refractivity contribution in [2.75, 3.05) is 12.4 Å². The number of benzene rings is 2. The molecule has 2 heterocycles. The van der Waals surface area contributed by atoms with E-state index in [1.807, 2.05) is 28.8 Å². The maximum atomic E-state index is 13.2. The summed E-state index contributed by atoms with van der Waals surface area (Å²) in [6.07, 6.45) is 2.52. The highest BCUT2D eigenvalue weighted by atomic mass is 16.5. The Balaban J connectivity index is 1.63. The van der Waals surface area contributed by atoms with Gasteiger partial charge in [0.1, 0.15) is 12.1 Å². The fourth-order valence-electron chi connectivity index (χ4n) is 3.71. The number of fused-ring (bicyclic) bond motifs is 3. The summed E-state index contributed by atoms with van der Waals surface area (Å²) < 4.78 is 7.83. The predicted octanol–water partition coefficient (Wildman–Crippen LogP) is 3.19. The van der Waals surface area contributed by atoms with Gasteiger partial charge in [-0.2, -0.15) is 5.10 Å². The summed E-state index contributed by atoms with van der Waals surface area (Å²) in [6.45, 7) is 2.53. The zero-order valence-corrected chi connectivity index (χ0v) is 17.3. The topological polar surface area (TPSA) is 95.2 Å². The molecule has 1 N–H and O–H groups in total. The molecule has 0 aliphatic rings. The number of carbonyl (C=O) groups excluding carboxylic acids is 2. The minimum atomic E-state index is -0.454. The van der Waals surface area contributed by atoms with Crippen LogP contribution in [-0.2, 0) is 22.6 Å². The molecule has 0 bridgehead atoms. The number of nitrogens with one attached hydrogen (secondary N) is 1. The van der Waals surface area contributed by atoms with Crippen LogP contribution in [0.15, 0.2) is 59.5 Å². The molecule has 158 valence electrons. The Bertz CT molecular complexity index is 1340. The number of carbonyl (C=O) groups is 2. The van der Waals surface area contributed by atoms with Crippen molar-refractivity contribution in [3.05, 3.63) is 70.6 Å². The van der Waals surface area contributed by atoms with E-state index in [4.69, 9.17) is 0 Å². The molecule has 0 aliphatic heterocycles. The van der Waals surface area contributed by atoms with Crippen molar-refractivity contribution in [3.63, 3.8) is 0 Å². The number of aromatic nitrogens is 3. The lowest BCUT2D eigenvalue weighted by molar-refractivity contribution is -0.117. The maximum Gasteiger partial charge on any atom is 0.337 e. The Hall–Kier alpha value is -3.94. The minimum Gasteiger partial charge on any atom is -0.465 e. The standard InChI is InChI=1S/C23H22N4O4/c1-3-12-26-19-7-5-4-6-17(19)18-13-24-27(22(29)21(18)26)14-20(28)25-16-10-8-15(9-11-16)23(30)31-2/h4-11,13H,3,12,14H2,1-2H3,(H,25,28). The van der Waals surface area contributed by atoms with Crippen LogP contribution in [0.3, 0.4) is 0 Å². The lowest BCUT2D eigenvalue weighted by atomic mass is 10.2. The smallest absolute Gasteiger partial charge is 0.337 e. The summed E-state index contributed by atoms with van der Waals surface area (Å²) >= 11 is 0. The lowest BCUT2D eigenvalue weighted by Crippen LogP contribution is -2.30. The molecule has 0 saturated carbocycles. The van der Waals surface area contributed by atoms with Crippen molar-refractivity contribution in [2.45, 2.75) is 26.4 Å². The van der Waals surface area contributed by atoms with Gasteiger partial charge in [0.2, 0.25) is 5.91 Å². The number of nitrogens with zero attached hydrogens (tertiary/aromatic N) is 3. The number of amides is 1. The zero-order valence-electron chi connectivity index (χ0n) is 17.3. The summed E-state index contributed by atoms with van der Waals surface area (Å²) in [7, 11) is 1.31. The molecule has 0 fully saturated rings. The average molecular weight is 418 g/mol. The number of esters is 1. The second kappa shape index (κ2) is 8.43. The van der Waals surface area contributed by atoms with Gasteiger partial charge < -0.3 is 14.6 Å². The molecule has 1 amide bonds. The first-order valence-electron chi connectivity index (χ1n) is 9.98.